The molecule has 1 aliphatic heterocycles. The van der Waals surface area contributed by atoms with Gasteiger partial charge in [-0.15, -0.1) is 16.9 Å². The van der Waals surface area contributed by atoms with Gasteiger partial charge in [0.2, 0.25) is 0 Å². The first-order valence-electron chi connectivity index (χ1n) is 5.36. The van der Waals surface area contributed by atoms with E-state index in [0.717, 1.165) is 28.4 Å². The molecule has 0 fully saturated rings. The maximum Gasteiger partial charge on any atom is 0.102 e. The molecule has 0 bridgehead atoms. The number of aromatic amines is 1. The van der Waals surface area contributed by atoms with Crippen molar-refractivity contribution in [1.82, 2.24) is 10.2 Å². The molecule has 0 unspecified atom stereocenters. The number of nitrogens with zero attached hydrogens (tertiary/aromatic N) is 3. The van der Waals surface area contributed by atoms with Gasteiger partial charge in [-0.05, 0) is 6.42 Å². The highest BCUT2D eigenvalue weighted by Gasteiger charge is 2.18. The van der Waals surface area contributed by atoms with Gasteiger partial charge in [0.25, 0.3) is 0 Å². The molecular weight excluding hydrogens is 236 g/mol. The first kappa shape index (κ1) is 11.9. The van der Waals surface area contributed by atoms with Gasteiger partial charge in [0.1, 0.15) is 5.04 Å². The maximum atomic E-state index is 9.02. The van der Waals surface area contributed by atoms with Crippen molar-refractivity contribution in [2.45, 2.75) is 19.8 Å². The van der Waals surface area contributed by atoms with Crippen LogP contribution >= 0.6 is 11.8 Å². The second-order valence-corrected chi connectivity index (χ2v) is 4.74. The molecule has 1 aromatic heterocycles. The predicted molar refractivity (Wildman–Crippen MR) is 70.8 cm³/mol. The Bertz CT molecular complexity index is 489. The van der Waals surface area contributed by atoms with Crippen LogP contribution < -0.4 is 0 Å². The Labute approximate surface area is 104 Å². The fraction of sp³-hybridized carbons (Fsp3) is 0.364. The van der Waals surface area contributed by atoms with Gasteiger partial charge < -0.3 is 5.11 Å². The number of H-pyrrole nitrogens is 1. The smallest absolute Gasteiger partial charge is 0.102 e. The van der Waals surface area contributed by atoms with Crippen molar-refractivity contribution in [2.24, 2.45) is 10.2 Å². The SMILES string of the molecule is C=C(O)CSC1=NN=C(c2cn[nH]c2CC)C1. The molecule has 5 nitrogen and oxygen atoms in total. The van der Waals surface area contributed by atoms with Crippen molar-refractivity contribution in [3.05, 3.63) is 29.8 Å². The van der Waals surface area contributed by atoms with Gasteiger partial charge >= 0.3 is 0 Å². The van der Waals surface area contributed by atoms with Crippen molar-refractivity contribution in [1.29, 1.82) is 0 Å². The second kappa shape index (κ2) is 5.18. The molecule has 17 heavy (non-hydrogen) atoms. The van der Waals surface area contributed by atoms with Crippen LogP contribution in [0.3, 0.4) is 0 Å². The Morgan fingerprint density at radius 3 is 3.12 bits per heavy atom. The van der Waals surface area contributed by atoms with Gasteiger partial charge in [0, 0.05) is 17.7 Å². The van der Waals surface area contributed by atoms with Crippen LogP contribution in [0.25, 0.3) is 0 Å². The quantitative estimate of drug-likeness (QED) is 0.805. The zero-order chi connectivity index (χ0) is 12.3. The molecule has 0 saturated carbocycles. The highest BCUT2D eigenvalue weighted by molar-refractivity contribution is 8.14. The summed E-state index contributed by atoms with van der Waals surface area (Å²) < 4.78 is 0. The fourth-order valence-corrected chi connectivity index (χ4v) is 2.23. The lowest BCUT2D eigenvalue weighted by molar-refractivity contribution is 0.420. The van der Waals surface area contributed by atoms with E-state index in [0.29, 0.717) is 12.2 Å². The third kappa shape index (κ3) is 2.76. The van der Waals surface area contributed by atoms with Crippen LogP contribution in [-0.4, -0.2) is 31.8 Å². The number of aromatic nitrogens is 2. The Morgan fingerprint density at radius 2 is 2.41 bits per heavy atom. The Kier molecular flexibility index (Phi) is 3.63. The Hall–Kier alpha value is -1.56. The first-order valence-corrected chi connectivity index (χ1v) is 6.34. The van der Waals surface area contributed by atoms with Crippen molar-refractivity contribution in [3.8, 4) is 0 Å². The zero-order valence-corrected chi connectivity index (χ0v) is 10.4. The normalized spacial score (nSPS) is 14.6. The van der Waals surface area contributed by atoms with Crippen LogP contribution in [-0.2, 0) is 6.42 Å². The molecule has 2 heterocycles. The number of rotatable bonds is 4. The number of aryl methyl sites for hydroxylation is 1. The summed E-state index contributed by atoms with van der Waals surface area (Å²) in [7, 11) is 0. The summed E-state index contributed by atoms with van der Waals surface area (Å²) in [5.41, 5.74) is 3.05. The van der Waals surface area contributed by atoms with Crippen LogP contribution in [0.2, 0.25) is 0 Å². The number of hydrogen-bond acceptors (Lipinski definition) is 5. The Morgan fingerprint density at radius 1 is 1.59 bits per heavy atom. The molecule has 2 rings (SSSR count). The van der Waals surface area contributed by atoms with Gasteiger partial charge in [0.15, 0.2) is 0 Å². The number of hydrogen-bond donors (Lipinski definition) is 2. The minimum Gasteiger partial charge on any atom is -0.512 e. The largest absolute Gasteiger partial charge is 0.512 e. The topological polar surface area (TPSA) is 73.6 Å². The lowest BCUT2D eigenvalue weighted by atomic mass is 10.1. The number of nitrogens with one attached hydrogen (secondary N) is 1. The third-order valence-electron chi connectivity index (χ3n) is 2.39. The minimum absolute atomic E-state index is 0.156. The summed E-state index contributed by atoms with van der Waals surface area (Å²) in [4.78, 5) is 0. The van der Waals surface area contributed by atoms with Crippen LogP contribution in [0.1, 0.15) is 24.6 Å². The molecule has 90 valence electrons. The molecule has 1 aliphatic rings. The van der Waals surface area contributed by atoms with E-state index < -0.39 is 0 Å². The Balaban J connectivity index is 1.98. The molecule has 0 atom stereocenters. The summed E-state index contributed by atoms with van der Waals surface area (Å²) >= 11 is 1.46. The summed E-state index contributed by atoms with van der Waals surface area (Å²) in [5.74, 6) is 0.622. The number of thioether (sulfide) groups is 1. The lowest BCUT2D eigenvalue weighted by Gasteiger charge is -2.00. The van der Waals surface area contributed by atoms with E-state index in [9.17, 15) is 0 Å². The summed E-state index contributed by atoms with van der Waals surface area (Å²) in [6, 6.07) is 0. The van der Waals surface area contributed by atoms with Gasteiger partial charge in [0.05, 0.1) is 23.4 Å². The van der Waals surface area contributed by atoms with Crippen molar-refractivity contribution < 1.29 is 5.11 Å². The van der Waals surface area contributed by atoms with Crippen molar-refractivity contribution in [2.75, 3.05) is 5.75 Å². The minimum atomic E-state index is 0.156. The number of aliphatic hydroxyl groups is 1. The van der Waals surface area contributed by atoms with E-state index in [-0.39, 0.29) is 5.76 Å². The van der Waals surface area contributed by atoms with E-state index in [4.69, 9.17) is 5.11 Å². The van der Waals surface area contributed by atoms with Crippen LogP contribution in [0.5, 0.6) is 0 Å². The van der Waals surface area contributed by atoms with E-state index >= 15 is 0 Å². The molecule has 0 radical (unpaired) electrons. The van der Waals surface area contributed by atoms with Crippen LogP contribution in [0.4, 0.5) is 0 Å². The molecule has 6 heteroatoms. The first-order chi connectivity index (χ1) is 8.20. The highest BCUT2D eigenvalue weighted by atomic mass is 32.2. The number of aliphatic hydroxyl groups excluding tert-OH is 1. The molecule has 0 spiro atoms. The lowest BCUT2D eigenvalue weighted by Crippen LogP contribution is -2.04. The van der Waals surface area contributed by atoms with E-state index in [1.807, 2.05) is 0 Å². The molecular formula is C11H14N4OS. The van der Waals surface area contributed by atoms with Crippen LogP contribution in [0.15, 0.2) is 28.7 Å². The standard InChI is InChI=1S/C11H14N4OS/c1-3-9-8(5-12-13-9)10-4-11(15-14-10)17-6-7(2)16/h5,16H,2-4,6H2,1H3,(H,12,13). The van der Waals surface area contributed by atoms with Crippen molar-refractivity contribution in [3.63, 3.8) is 0 Å². The third-order valence-corrected chi connectivity index (χ3v) is 3.43. The molecule has 0 aromatic carbocycles. The highest BCUT2D eigenvalue weighted by Crippen LogP contribution is 2.20. The maximum absolute atomic E-state index is 9.02. The molecule has 0 saturated heterocycles. The zero-order valence-electron chi connectivity index (χ0n) is 9.60. The molecule has 1 aromatic rings. The summed E-state index contributed by atoms with van der Waals surface area (Å²) in [6.45, 7) is 5.51. The van der Waals surface area contributed by atoms with E-state index in [2.05, 4.69) is 33.9 Å². The van der Waals surface area contributed by atoms with Crippen LogP contribution in [0, 0.1) is 0 Å². The molecule has 0 aliphatic carbocycles. The van der Waals surface area contributed by atoms with Gasteiger partial charge in [-0.3, -0.25) is 5.10 Å². The van der Waals surface area contributed by atoms with Gasteiger partial charge in [-0.25, -0.2) is 0 Å². The second-order valence-electron chi connectivity index (χ2n) is 3.69. The summed E-state index contributed by atoms with van der Waals surface area (Å²) in [6.07, 6.45) is 3.38. The fourth-order valence-electron chi connectivity index (χ4n) is 1.56. The van der Waals surface area contributed by atoms with E-state index in [1.165, 1.54) is 11.8 Å². The molecule has 2 N–H and O–H groups in total. The molecule has 0 amide bonds. The van der Waals surface area contributed by atoms with Gasteiger partial charge in [-0.1, -0.05) is 13.5 Å². The monoisotopic (exact) mass is 250 g/mol. The van der Waals surface area contributed by atoms with Gasteiger partial charge in [-0.2, -0.15) is 10.2 Å². The summed E-state index contributed by atoms with van der Waals surface area (Å²) in [5, 5.41) is 25.2. The van der Waals surface area contributed by atoms with Crippen molar-refractivity contribution >= 4 is 22.5 Å². The predicted octanol–water partition coefficient (Wildman–Crippen LogP) is 2.28. The average molecular weight is 250 g/mol. The van der Waals surface area contributed by atoms with E-state index in [1.54, 1.807) is 6.20 Å². The average Bonchev–Trinajstić information content (AvgIpc) is 2.94.